The number of halogens is 2. The van der Waals surface area contributed by atoms with Crippen molar-refractivity contribution < 1.29 is 12.6 Å². The van der Waals surface area contributed by atoms with Gasteiger partial charge in [0.1, 0.15) is 4.90 Å². The van der Waals surface area contributed by atoms with Gasteiger partial charge in [-0.15, -0.1) is 0 Å². The van der Waals surface area contributed by atoms with Gasteiger partial charge in [-0.3, -0.25) is 0 Å². The van der Waals surface area contributed by atoms with Gasteiger partial charge in [0.05, 0.1) is 10.5 Å². The molecule has 4 rings (SSSR count). The molecule has 0 saturated heterocycles. The van der Waals surface area contributed by atoms with Crippen LogP contribution in [0.1, 0.15) is 0 Å². The van der Waals surface area contributed by atoms with Gasteiger partial charge in [-0.25, -0.2) is 0 Å². The second-order valence-corrected chi connectivity index (χ2v) is 7.82. The maximum Gasteiger partial charge on any atom is 0.340 e. The summed E-state index contributed by atoms with van der Waals surface area (Å²) in [5, 5.41) is 2.17. The molecule has 7 heteroatoms. The van der Waals surface area contributed by atoms with Crippen molar-refractivity contribution in [3.8, 4) is 5.75 Å². The molecule has 1 heterocycles. The first-order valence-electron chi connectivity index (χ1n) is 7.35. The molecular formula is C18H11Cl2NO3S. The maximum atomic E-state index is 12.7. The summed E-state index contributed by atoms with van der Waals surface area (Å²) in [6.07, 6.45) is 0. The van der Waals surface area contributed by atoms with E-state index < -0.39 is 10.1 Å². The summed E-state index contributed by atoms with van der Waals surface area (Å²) in [4.78, 5) is 3.03. The first-order chi connectivity index (χ1) is 12.0. The van der Waals surface area contributed by atoms with Crippen molar-refractivity contribution in [3.05, 3.63) is 70.7 Å². The van der Waals surface area contributed by atoms with Crippen LogP contribution >= 0.6 is 23.2 Å². The average molecular weight is 392 g/mol. The van der Waals surface area contributed by atoms with Crippen LogP contribution in [-0.2, 0) is 10.1 Å². The molecule has 0 fully saturated rings. The molecule has 1 aromatic heterocycles. The molecule has 0 radical (unpaired) electrons. The van der Waals surface area contributed by atoms with Crippen molar-refractivity contribution in [3.63, 3.8) is 0 Å². The minimum atomic E-state index is -4.13. The summed E-state index contributed by atoms with van der Waals surface area (Å²) < 4.78 is 30.7. The van der Waals surface area contributed by atoms with Crippen molar-refractivity contribution in [1.29, 1.82) is 0 Å². The quantitative estimate of drug-likeness (QED) is 0.475. The van der Waals surface area contributed by atoms with Crippen LogP contribution in [0, 0.1) is 0 Å². The van der Waals surface area contributed by atoms with E-state index in [0.29, 0.717) is 5.52 Å². The molecule has 0 spiro atoms. The topological polar surface area (TPSA) is 59.2 Å². The molecular weight excluding hydrogens is 381 g/mol. The van der Waals surface area contributed by atoms with Crippen LogP contribution in [0.15, 0.2) is 65.6 Å². The van der Waals surface area contributed by atoms with Crippen LogP contribution in [0.5, 0.6) is 5.75 Å². The Bertz CT molecular complexity index is 1220. The molecule has 0 bridgehead atoms. The van der Waals surface area contributed by atoms with Crippen molar-refractivity contribution in [2.45, 2.75) is 4.90 Å². The number of aromatic nitrogens is 1. The first-order valence-corrected chi connectivity index (χ1v) is 9.51. The van der Waals surface area contributed by atoms with Crippen LogP contribution in [0.3, 0.4) is 0 Å². The van der Waals surface area contributed by atoms with Gasteiger partial charge in [0.25, 0.3) is 0 Å². The predicted octanol–water partition coefficient (Wildman–Crippen LogP) is 5.40. The molecule has 3 aromatic carbocycles. The van der Waals surface area contributed by atoms with E-state index in [4.69, 9.17) is 27.4 Å². The lowest BCUT2D eigenvalue weighted by Gasteiger charge is -2.09. The molecule has 0 aliphatic carbocycles. The van der Waals surface area contributed by atoms with E-state index in [1.807, 2.05) is 30.3 Å². The van der Waals surface area contributed by atoms with Gasteiger partial charge in [0.15, 0.2) is 5.75 Å². The predicted molar refractivity (Wildman–Crippen MR) is 100 cm³/mol. The summed E-state index contributed by atoms with van der Waals surface area (Å²) >= 11 is 11.9. The van der Waals surface area contributed by atoms with E-state index in [0.717, 1.165) is 16.3 Å². The van der Waals surface area contributed by atoms with Gasteiger partial charge in [-0.2, -0.15) is 8.42 Å². The molecule has 1 N–H and O–H groups in total. The van der Waals surface area contributed by atoms with Crippen LogP contribution in [0.2, 0.25) is 10.0 Å². The highest BCUT2D eigenvalue weighted by atomic mass is 35.5. The Morgan fingerprint density at radius 1 is 0.880 bits per heavy atom. The average Bonchev–Trinajstić information content (AvgIpc) is 2.97. The van der Waals surface area contributed by atoms with Gasteiger partial charge in [-0.1, -0.05) is 53.5 Å². The van der Waals surface area contributed by atoms with Gasteiger partial charge in [0, 0.05) is 21.3 Å². The standard InChI is InChI=1S/C18H11Cl2NO3S/c19-11-8-9-14(20)17(10-11)25(22,23)24-16-7-3-5-13-12-4-1-2-6-15(12)21-18(13)16/h1-10,21H. The Kier molecular flexibility index (Phi) is 3.87. The normalized spacial score (nSPS) is 11.9. The Labute approximate surface area is 154 Å². The lowest BCUT2D eigenvalue weighted by Crippen LogP contribution is -2.10. The maximum absolute atomic E-state index is 12.7. The third-order valence-corrected chi connectivity index (χ3v) is 5.82. The van der Waals surface area contributed by atoms with E-state index in [2.05, 4.69) is 4.98 Å². The molecule has 0 amide bonds. The van der Waals surface area contributed by atoms with E-state index in [1.54, 1.807) is 12.1 Å². The summed E-state index contributed by atoms with van der Waals surface area (Å²) in [5.74, 6) is 0.199. The minimum absolute atomic E-state index is 0.0493. The van der Waals surface area contributed by atoms with Crippen molar-refractivity contribution in [2.24, 2.45) is 0 Å². The zero-order chi connectivity index (χ0) is 17.6. The molecule has 25 heavy (non-hydrogen) atoms. The van der Waals surface area contributed by atoms with Crippen LogP contribution in [0.25, 0.3) is 21.8 Å². The fourth-order valence-corrected chi connectivity index (χ4v) is 4.43. The molecule has 0 atom stereocenters. The number of hydrogen-bond acceptors (Lipinski definition) is 3. The highest BCUT2D eigenvalue weighted by molar-refractivity contribution is 7.87. The van der Waals surface area contributed by atoms with E-state index >= 15 is 0 Å². The fraction of sp³-hybridized carbons (Fsp3) is 0. The number of para-hydroxylation sites is 2. The highest BCUT2D eigenvalue weighted by Gasteiger charge is 2.22. The molecule has 4 nitrogen and oxygen atoms in total. The third kappa shape index (κ3) is 2.84. The van der Waals surface area contributed by atoms with Gasteiger partial charge < -0.3 is 9.17 Å². The first kappa shape index (κ1) is 16.3. The van der Waals surface area contributed by atoms with E-state index in [9.17, 15) is 8.42 Å². The smallest absolute Gasteiger partial charge is 0.340 e. The van der Waals surface area contributed by atoms with Crippen molar-refractivity contribution in [2.75, 3.05) is 0 Å². The van der Waals surface area contributed by atoms with Gasteiger partial charge in [0.2, 0.25) is 0 Å². The Morgan fingerprint density at radius 2 is 1.64 bits per heavy atom. The zero-order valence-electron chi connectivity index (χ0n) is 12.7. The molecule has 0 unspecified atom stereocenters. The molecule has 126 valence electrons. The number of hydrogen-bond donors (Lipinski definition) is 1. The lowest BCUT2D eigenvalue weighted by molar-refractivity contribution is 0.488. The number of benzene rings is 3. The Morgan fingerprint density at radius 3 is 2.48 bits per heavy atom. The summed E-state index contributed by atoms with van der Waals surface area (Å²) in [6, 6.07) is 17.1. The number of rotatable bonds is 3. The van der Waals surface area contributed by atoms with Crippen LogP contribution in [0.4, 0.5) is 0 Å². The summed E-state index contributed by atoms with van der Waals surface area (Å²) in [5.41, 5.74) is 1.50. The Balaban J connectivity index is 1.87. The lowest BCUT2D eigenvalue weighted by atomic mass is 10.1. The highest BCUT2D eigenvalue weighted by Crippen LogP contribution is 2.34. The van der Waals surface area contributed by atoms with Crippen molar-refractivity contribution >= 4 is 55.1 Å². The summed E-state index contributed by atoms with van der Waals surface area (Å²) in [6.45, 7) is 0. The van der Waals surface area contributed by atoms with E-state index in [1.165, 1.54) is 18.2 Å². The van der Waals surface area contributed by atoms with E-state index in [-0.39, 0.29) is 20.7 Å². The molecule has 0 aliphatic rings. The van der Waals surface area contributed by atoms with Crippen LogP contribution in [-0.4, -0.2) is 13.4 Å². The SMILES string of the molecule is O=S(=O)(Oc1cccc2c1[nH]c1ccccc12)c1cc(Cl)ccc1Cl. The third-order valence-electron chi connectivity index (χ3n) is 3.87. The fourth-order valence-electron chi connectivity index (χ4n) is 2.75. The van der Waals surface area contributed by atoms with Crippen molar-refractivity contribution in [1.82, 2.24) is 4.98 Å². The van der Waals surface area contributed by atoms with Gasteiger partial charge >= 0.3 is 10.1 Å². The summed E-state index contributed by atoms with van der Waals surface area (Å²) in [7, 11) is -4.13. The largest absolute Gasteiger partial charge is 0.377 e. The number of H-pyrrole nitrogens is 1. The second kappa shape index (κ2) is 5.95. The Hall–Kier alpha value is -2.21. The zero-order valence-corrected chi connectivity index (χ0v) is 15.0. The second-order valence-electron chi connectivity index (χ2n) is 5.46. The molecule has 0 saturated carbocycles. The monoisotopic (exact) mass is 391 g/mol. The molecule has 4 aromatic rings. The van der Waals surface area contributed by atoms with Gasteiger partial charge in [-0.05, 0) is 30.3 Å². The minimum Gasteiger partial charge on any atom is -0.377 e. The molecule has 0 aliphatic heterocycles. The number of aromatic amines is 1. The number of fused-ring (bicyclic) bond motifs is 3. The van der Waals surface area contributed by atoms with Crippen LogP contribution < -0.4 is 4.18 Å². The number of nitrogens with one attached hydrogen (secondary N) is 1.